The molecule has 0 bridgehead atoms. The standard InChI is InChI=1S/C15H24N2O3/c1-11(16-9-10-18)12-7-5-6-8-13(12)17-14(19)20-15(2,3)4/h5-8,11,16,18H,9-10H2,1-4H3,(H,17,19). The average Bonchev–Trinajstić information content (AvgIpc) is 2.34. The fourth-order valence-electron chi connectivity index (χ4n) is 1.79. The molecule has 1 atom stereocenters. The fourth-order valence-corrected chi connectivity index (χ4v) is 1.79. The van der Waals surface area contributed by atoms with Gasteiger partial charge in [-0.05, 0) is 39.3 Å². The molecule has 5 nitrogen and oxygen atoms in total. The van der Waals surface area contributed by atoms with Crippen LogP contribution in [-0.2, 0) is 4.74 Å². The monoisotopic (exact) mass is 280 g/mol. The molecule has 1 aromatic carbocycles. The Bertz CT molecular complexity index is 441. The predicted molar refractivity (Wildman–Crippen MR) is 79.8 cm³/mol. The highest BCUT2D eigenvalue weighted by Crippen LogP contribution is 2.23. The number of aliphatic hydroxyl groups is 1. The van der Waals surface area contributed by atoms with Gasteiger partial charge in [-0.3, -0.25) is 5.32 Å². The molecular formula is C15H24N2O3. The molecule has 0 aliphatic carbocycles. The van der Waals surface area contributed by atoms with Crippen molar-refractivity contribution in [2.75, 3.05) is 18.5 Å². The van der Waals surface area contributed by atoms with Gasteiger partial charge in [0.1, 0.15) is 5.60 Å². The van der Waals surface area contributed by atoms with Gasteiger partial charge in [-0.15, -0.1) is 0 Å². The lowest BCUT2D eigenvalue weighted by Gasteiger charge is -2.22. The minimum Gasteiger partial charge on any atom is -0.444 e. The summed E-state index contributed by atoms with van der Waals surface area (Å²) in [6, 6.07) is 7.55. The predicted octanol–water partition coefficient (Wildman–Crippen LogP) is 2.68. The maximum absolute atomic E-state index is 11.8. The van der Waals surface area contributed by atoms with Crippen molar-refractivity contribution in [3.05, 3.63) is 29.8 Å². The van der Waals surface area contributed by atoms with E-state index in [-0.39, 0.29) is 12.6 Å². The lowest BCUT2D eigenvalue weighted by molar-refractivity contribution is 0.0635. The van der Waals surface area contributed by atoms with Crippen LogP contribution in [0.25, 0.3) is 0 Å². The van der Waals surface area contributed by atoms with Gasteiger partial charge in [-0.25, -0.2) is 4.79 Å². The number of carbonyl (C=O) groups is 1. The van der Waals surface area contributed by atoms with Crippen LogP contribution in [0.15, 0.2) is 24.3 Å². The minimum atomic E-state index is -0.528. The van der Waals surface area contributed by atoms with E-state index in [9.17, 15) is 4.79 Å². The van der Waals surface area contributed by atoms with Gasteiger partial charge in [0.2, 0.25) is 0 Å². The Morgan fingerprint density at radius 1 is 1.35 bits per heavy atom. The van der Waals surface area contributed by atoms with Crippen LogP contribution in [0.2, 0.25) is 0 Å². The third-order valence-corrected chi connectivity index (χ3v) is 2.63. The highest BCUT2D eigenvalue weighted by Gasteiger charge is 2.18. The molecule has 112 valence electrons. The van der Waals surface area contributed by atoms with Crippen molar-refractivity contribution in [1.29, 1.82) is 0 Å². The van der Waals surface area contributed by atoms with Crippen molar-refractivity contribution < 1.29 is 14.6 Å². The number of benzene rings is 1. The van der Waals surface area contributed by atoms with Crippen LogP contribution in [-0.4, -0.2) is 30.0 Å². The molecule has 0 saturated heterocycles. The average molecular weight is 280 g/mol. The van der Waals surface area contributed by atoms with Crippen LogP contribution in [0, 0.1) is 0 Å². The summed E-state index contributed by atoms with van der Waals surface area (Å²) in [5, 5.41) is 14.8. The molecule has 1 aromatic rings. The number of ether oxygens (including phenoxy) is 1. The normalized spacial score (nSPS) is 12.8. The minimum absolute atomic E-state index is 0.0216. The summed E-state index contributed by atoms with van der Waals surface area (Å²) in [6.07, 6.45) is -0.473. The first-order valence-electron chi connectivity index (χ1n) is 6.76. The molecule has 0 aliphatic rings. The molecular weight excluding hydrogens is 256 g/mol. The summed E-state index contributed by atoms with van der Waals surface area (Å²) in [6.45, 7) is 8.02. The second kappa shape index (κ2) is 7.26. The summed E-state index contributed by atoms with van der Waals surface area (Å²) in [4.78, 5) is 11.8. The molecule has 1 rings (SSSR count). The Kier molecular flexibility index (Phi) is 5.98. The molecule has 0 aliphatic heterocycles. The summed E-state index contributed by atoms with van der Waals surface area (Å²) in [7, 11) is 0. The topological polar surface area (TPSA) is 70.6 Å². The van der Waals surface area contributed by atoms with Crippen molar-refractivity contribution in [2.45, 2.75) is 39.3 Å². The van der Waals surface area contributed by atoms with Gasteiger partial charge in [0.15, 0.2) is 0 Å². The van der Waals surface area contributed by atoms with E-state index < -0.39 is 11.7 Å². The number of anilines is 1. The lowest BCUT2D eigenvalue weighted by atomic mass is 10.1. The van der Waals surface area contributed by atoms with E-state index in [4.69, 9.17) is 9.84 Å². The zero-order valence-electron chi connectivity index (χ0n) is 12.6. The van der Waals surface area contributed by atoms with E-state index >= 15 is 0 Å². The van der Waals surface area contributed by atoms with Crippen molar-refractivity contribution in [1.82, 2.24) is 5.32 Å². The summed E-state index contributed by atoms with van der Waals surface area (Å²) < 4.78 is 5.25. The van der Waals surface area contributed by atoms with Gasteiger partial charge in [0.05, 0.1) is 6.61 Å². The smallest absolute Gasteiger partial charge is 0.412 e. The summed E-state index contributed by atoms with van der Waals surface area (Å²) in [5.74, 6) is 0. The molecule has 0 radical (unpaired) electrons. The van der Waals surface area contributed by atoms with Crippen LogP contribution in [0.5, 0.6) is 0 Å². The first-order chi connectivity index (χ1) is 9.33. The Hall–Kier alpha value is -1.59. The molecule has 0 fully saturated rings. The fraction of sp³-hybridized carbons (Fsp3) is 0.533. The van der Waals surface area contributed by atoms with E-state index in [0.29, 0.717) is 12.2 Å². The Labute approximate surface area is 120 Å². The second-order valence-electron chi connectivity index (χ2n) is 5.61. The maximum Gasteiger partial charge on any atom is 0.412 e. The van der Waals surface area contributed by atoms with Crippen LogP contribution in [0.3, 0.4) is 0 Å². The number of hydrogen-bond donors (Lipinski definition) is 3. The highest BCUT2D eigenvalue weighted by molar-refractivity contribution is 5.86. The zero-order valence-corrected chi connectivity index (χ0v) is 12.6. The largest absolute Gasteiger partial charge is 0.444 e. The van der Waals surface area contributed by atoms with Crippen molar-refractivity contribution in [2.24, 2.45) is 0 Å². The molecule has 0 spiro atoms. The van der Waals surface area contributed by atoms with Gasteiger partial charge < -0.3 is 15.2 Å². The van der Waals surface area contributed by atoms with Crippen LogP contribution in [0.1, 0.15) is 39.3 Å². The quantitative estimate of drug-likeness (QED) is 0.775. The Morgan fingerprint density at radius 3 is 2.60 bits per heavy atom. The Morgan fingerprint density at radius 2 is 2.00 bits per heavy atom. The van der Waals surface area contributed by atoms with Crippen LogP contribution >= 0.6 is 0 Å². The third-order valence-electron chi connectivity index (χ3n) is 2.63. The highest BCUT2D eigenvalue weighted by atomic mass is 16.6. The molecule has 1 amide bonds. The van der Waals surface area contributed by atoms with Crippen LogP contribution in [0.4, 0.5) is 10.5 Å². The molecule has 0 aromatic heterocycles. The van der Waals surface area contributed by atoms with Gasteiger partial charge in [0.25, 0.3) is 0 Å². The van der Waals surface area contributed by atoms with E-state index in [1.165, 1.54) is 0 Å². The number of carbonyl (C=O) groups excluding carboxylic acids is 1. The number of para-hydroxylation sites is 1. The molecule has 3 N–H and O–H groups in total. The molecule has 0 heterocycles. The number of rotatable bonds is 5. The van der Waals surface area contributed by atoms with Crippen molar-refractivity contribution in [3.8, 4) is 0 Å². The maximum atomic E-state index is 11.8. The van der Waals surface area contributed by atoms with Crippen molar-refractivity contribution in [3.63, 3.8) is 0 Å². The lowest BCUT2D eigenvalue weighted by Crippen LogP contribution is -2.28. The van der Waals surface area contributed by atoms with Crippen molar-refractivity contribution >= 4 is 11.8 Å². The van der Waals surface area contributed by atoms with E-state index in [2.05, 4.69) is 10.6 Å². The molecule has 5 heteroatoms. The molecule has 0 saturated carbocycles. The first kappa shape index (κ1) is 16.5. The summed E-state index contributed by atoms with van der Waals surface area (Å²) in [5.41, 5.74) is 1.13. The van der Waals surface area contributed by atoms with Gasteiger partial charge in [-0.1, -0.05) is 18.2 Å². The number of amides is 1. The molecule has 1 unspecified atom stereocenters. The zero-order chi connectivity index (χ0) is 15.2. The number of nitrogens with one attached hydrogen (secondary N) is 2. The van der Waals surface area contributed by atoms with Crippen LogP contribution < -0.4 is 10.6 Å². The van der Waals surface area contributed by atoms with Gasteiger partial charge in [0, 0.05) is 18.3 Å². The van der Waals surface area contributed by atoms with E-state index in [1.54, 1.807) is 0 Å². The van der Waals surface area contributed by atoms with E-state index in [0.717, 1.165) is 5.56 Å². The summed E-state index contributed by atoms with van der Waals surface area (Å²) >= 11 is 0. The first-order valence-corrected chi connectivity index (χ1v) is 6.76. The Balaban J connectivity index is 2.77. The second-order valence-corrected chi connectivity index (χ2v) is 5.61. The number of hydrogen-bond acceptors (Lipinski definition) is 4. The molecule has 20 heavy (non-hydrogen) atoms. The third kappa shape index (κ3) is 5.59. The number of aliphatic hydroxyl groups excluding tert-OH is 1. The van der Waals surface area contributed by atoms with Gasteiger partial charge >= 0.3 is 6.09 Å². The van der Waals surface area contributed by atoms with E-state index in [1.807, 2.05) is 52.0 Å². The van der Waals surface area contributed by atoms with Gasteiger partial charge in [-0.2, -0.15) is 0 Å². The SMILES string of the molecule is CC(NCCO)c1ccccc1NC(=O)OC(C)(C)C.